The van der Waals surface area contributed by atoms with E-state index in [0.29, 0.717) is 18.4 Å². The van der Waals surface area contributed by atoms with E-state index in [1.54, 1.807) is 0 Å². The molecule has 3 heterocycles. The SMILES string of the molecule is O=C(Cc1ccc(CO)cc1)N1C[C@H]2CC[C@@H](C1)N(Cc1ccccc1)C2. The Labute approximate surface area is 161 Å². The Kier molecular flexibility index (Phi) is 5.55. The lowest BCUT2D eigenvalue weighted by atomic mass is 9.94. The molecule has 3 saturated heterocycles. The van der Waals surface area contributed by atoms with Gasteiger partial charge in [0.1, 0.15) is 0 Å². The zero-order valence-electron chi connectivity index (χ0n) is 15.8. The molecule has 3 fully saturated rings. The Morgan fingerprint density at radius 3 is 2.37 bits per heavy atom. The van der Waals surface area contributed by atoms with Gasteiger partial charge in [-0.25, -0.2) is 0 Å². The molecule has 4 heteroatoms. The molecule has 27 heavy (non-hydrogen) atoms. The molecule has 4 nitrogen and oxygen atoms in total. The van der Waals surface area contributed by atoms with E-state index in [9.17, 15) is 4.79 Å². The molecular weight excluding hydrogens is 336 g/mol. The van der Waals surface area contributed by atoms with Crippen LogP contribution in [0, 0.1) is 5.92 Å². The van der Waals surface area contributed by atoms with Crippen molar-refractivity contribution in [2.75, 3.05) is 19.6 Å². The van der Waals surface area contributed by atoms with E-state index in [0.717, 1.165) is 37.3 Å². The Balaban J connectivity index is 1.40. The second kappa shape index (κ2) is 8.24. The molecule has 2 aromatic rings. The molecule has 3 aliphatic rings. The predicted molar refractivity (Wildman–Crippen MR) is 106 cm³/mol. The fourth-order valence-corrected chi connectivity index (χ4v) is 4.44. The van der Waals surface area contributed by atoms with Crippen LogP contribution in [0.25, 0.3) is 0 Å². The molecule has 0 spiro atoms. The number of piperidine rings is 1. The van der Waals surface area contributed by atoms with Gasteiger partial charge in [0, 0.05) is 32.2 Å². The van der Waals surface area contributed by atoms with Crippen molar-refractivity contribution < 1.29 is 9.90 Å². The minimum absolute atomic E-state index is 0.0426. The number of nitrogens with zero attached hydrogens (tertiary/aromatic N) is 2. The van der Waals surface area contributed by atoms with Gasteiger partial charge in [-0.1, -0.05) is 54.6 Å². The smallest absolute Gasteiger partial charge is 0.227 e. The van der Waals surface area contributed by atoms with Gasteiger partial charge in [0.25, 0.3) is 0 Å². The van der Waals surface area contributed by atoms with E-state index < -0.39 is 0 Å². The minimum atomic E-state index is 0.0426. The number of hydrogen-bond acceptors (Lipinski definition) is 3. The average Bonchev–Trinajstić information content (AvgIpc) is 3.01. The number of hydrogen-bond donors (Lipinski definition) is 1. The lowest BCUT2D eigenvalue weighted by Gasteiger charge is -2.36. The summed E-state index contributed by atoms with van der Waals surface area (Å²) in [7, 11) is 0. The zero-order valence-corrected chi connectivity index (χ0v) is 15.8. The third-order valence-corrected chi connectivity index (χ3v) is 5.97. The quantitative estimate of drug-likeness (QED) is 0.887. The van der Waals surface area contributed by atoms with Crippen LogP contribution in [0.1, 0.15) is 29.5 Å². The largest absolute Gasteiger partial charge is 0.392 e. The van der Waals surface area contributed by atoms with E-state index in [1.165, 1.54) is 18.4 Å². The molecule has 1 N–H and O–H groups in total. The van der Waals surface area contributed by atoms with Crippen molar-refractivity contribution >= 4 is 5.91 Å². The first-order valence-electron chi connectivity index (χ1n) is 9.95. The molecular formula is C23H28N2O2. The predicted octanol–water partition coefficient (Wildman–Crippen LogP) is 2.84. The van der Waals surface area contributed by atoms with Crippen molar-refractivity contribution in [3.8, 4) is 0 Å². The van der Waals surface area contributed by atoms with Crippen LogP contribution in [0.5, 0.6) is 0 Å². The lowest BCUT2D eigenvalue weighted by Crippen LogP contribution is -2.44. The zero-order chi connectivity index (χ0) is 18.6. The fourth-order valence-electron chi connectivity index (χ4n) is 4.44. The Morgan fingerprint density at radius 1 is 0.889 bits per heavy atom. The first-order chi connectivity index (χ1) is 13.2. The molecule has 2 bridgehead atoms. The van der Waals surface area contributed by atoms with Crippen molar-refractivity contribution in [2.24, 2.45) is 5.92 Å². The van der Waals surface area contributed by atoms with Gasteiger partial charge < -0.3 is 10.0 Å². The highest BCUT2D eigenvalue weighted by Gasteiger charge is 2.36. The third kappa shape index (κ3) is 4.40. The molecule has 3 aliphatic heterocycles. The standard InChI is InChI=1S/C23H28N2O2/c26-17-20-8-6-18(7-9-20)12-23(27)25-15-21-10-11-22(16-25)24(14-21)13-19-4-2-1-3-5-19/h1-9,21-22,26H,10-17H2/t21-,22-/m0/s1. The normalized spacial score (nSPS) is 22.6. The highest BCUT2D eigenvalue weighted by molar-refractivity contribution is 5.79. The molecule has 0 aromatic heterocycles. The van der Waals surface area contributed by atoms with E-state index >= 15 is 0 Å². The molecule has 2 aromatic carbocycles. The molecule has 5 rings (SSSR count). The first kappa shape index (κ1) is 18.2. The average molecular weight is 364 g/mol. The van der Waals surface area contributed by atoms with Gasteiger partial charge in [-0.3, -0.25) is 9.69 Å². The fraction of sp³-hybridized carbons (Fsp3) is 0.435. The lowest BCUT2D eigenvalue weighted by molar-refractivity contribution is -0.130. The van der Waals surface area contributed by atoms with Crippen molar-refractivity contribution in [3.05, 3.63) is 71.3 Å². The summed E-state index contributed by atoms with van der Waals surface area (Å²) in [5.41, 5.74) is 3.26. The van der Waals surface area contributed by atoms with Gasteiger partial charge in [0.05, 0.1) is 13.0 Å². The molecule has 0 saturated carbocycles. The summed E-state index contributed by atoms with van der Waals surface area (Å²) in [6.45, 7) is 3.84. The summed E-state index contributed by atoms with van der Waals surface area (Å²) in [5, 5.41) is 9.16. The molecule has 142 valence electrons. The van der Waals surface area contributed by atoms with Gasteiger partial charge in [-0.2, -0.15) is 0 Å². The van der Waals surface area contributed by atoms with Crippen LogP contribution in [-0.4, -0.2) is 46.5 Å². The third-order valence-electron chi connectivity index (χ3n) is 5.97. The van der Waals surface area contributed by atoms with Crippen molar-refractivity contribution in [2.45, 2.75) is 38.5 Å². The summed E-state index contributed by atoms with van der Waals surface area (Å²) in [4.78, 5) is 17.6. The van der Waals surface area contributed by atoms with E-state index in [1.807, 2.05) is 24.3 Å². The number of aliphatic hydroxyl groups is 1. The van der Waals surface area contributed by atoms with Gasteiger partial charge in [0.2, 0.25) is 5.91 Å². The molecule has 0 aliphatic carbocycles. The molecule has 0 unspecified atom stereocenters. The number of benzene rings is 2. The first-order valence-corrected chi connectivity index (χ1v) is 9.95. The highest BCUT2D eigenvalue weighted by atomic mass is 16.3. The Bertz CT molecular complexity index is 760. The van der Waals surface area contributed by atoms with Gasteiger partial charge in [0.15, 0.2) is 0 Å². The molecule has 0 radical (unpaired) electrons. The molecule has 2 atom stereocenters. The van der Waals surface area contributed by atoms with Gasteiger partial charge >= 0.3 is 0 Å². The minimum Gasteiger partial charge on any atom is -0.392 e. The number of aliphatic hydroxyl groups excluding tert-OH is 1. The maximum absolute atomic E-state index is 12.9. The summed E-state index contributed by atoms with van der Waals surface area (Å²) in [5.74, 6) is 0.804. The number of rotatable bonds is 5. The van der Waals surface area contributed by atoms with E-state index in [4.69, 9.17) is 5.11 Å². The second-order valence-corrected chi connectivity index (χ2v) is 7.96. The van der Waals surface area contributed by atoms with Crippen LogP contribution in [0.4, 0.5) is 0 Å². The second-order valence-electron chi connectivity index (χ2n) is 7.96. The summed E-state index contributed by atoms with van der Waals surface area (Å²) >= 11 is 0. The number of carbonyl (C=O) groups excluding carboxylic acids is 1. The van der Waals surface area contributed by atoms with Crippen LogP contribution in [0.2, 0.25) is 0 Å². The maximum Gasteiger partial charge on any atom is 0.227 e. The van der Waals surface area contributed by atoms with Crippen LogP contribution < -0.4 is 0 Å². The van der Waals surface area contributed by atoms with Crippen LogP contribution in [0.15, 0.2) is 54.6 Å². The summed E-state index contributed by atoms with van der Waals surface area (Å²) in [6, 6.07) is 18.8. The maximum atomic E-state index is 12.9. The van der Waals surface area contributed by atoms with Crippen LogP contribution in [0.3, 0.4) is 0 Å². The van der Waals surface area contributed by atoms with Gasteiger partial charge in [-0.15, -0.1) is 0 Å². The highest BCUT2D eigenvalue weighted by Crippen LogP contribution is 2.29. The number of carbonyl (C=O) groups is 1. The Hall–Kier alpha value is -2.17. The van der Waals surface area contributed by atoms with Crippen LogP contribution >= 0.6 is 0 Å². The molecule has 1 amide bonds. The number of amides is 1. The van der Waals surface area contributed by atoms with E-state index in [2.05, 4.69) is 40.1 Å². The topological polar surface area (TPSA) is 43.8 Å². The van der Waals surface area contributed by atoms with Crippen LogP contribution in [-0.2, 0) is 24.4 Å². The van der Waals surface area contributed by atoms with E-state index in [-0.39, 0.29) is 12.5 Å². The van der Waals surface area contributed by atoms with Crippen molar-refractivity contribution in [1.29, 1.82) is 0 Å². The van der Waals surface area contributed by atoms with Gasteiger partial charge in [-0.05, 0) is 35.4 Å². The monoisotopic (exact) mass is 364 g/mol. The van der Waals surface area contributed by atoms with Crippen molar-refractivity contribution in [1.82, 2.24) is 9.80 Å². The summed E-state index contributed by atoms with van der Waals surface area (Å²) in [6.07, 6.45) is 2.86. The Morgan fingerprint density at radius 2 is 1.63 bits per heavy atom. The van der Waals surface area contributed by atoms with Crippen molar-refractivity contribution in [3.63, 3.8) is 0 Å². The summed E-state index contributed by atoms with van der Waals surface area (Å²) < 4.78 is 0. The number of fused-ring (bicyclic) bond motifs is 4.